The zero-order chi connectivity index (χ0) is 45.1. The number of fused-ring (bicyclic) bond motifs is 8. The Kier molecular flexibility index (Phi) is 8.80. The lowest BCUT2D eigenvalue weighted by Crippen LogP contribution is -2.55. The number of hydrogen-bond acceptors (Lipinski definition) is 4. The molecule has 12 aromatic carbocycles. The number of ether oxygens (including phenoxy) is 2. The van der Waals surface area contributed by atoms with Crippen molar-refractivity contribution >= 4 is 86.2 Å². The zero-order valence-corrected chi connectivity index (χ0v) is 37.2. The predicted molar refractivity (Wildman–Crippen MR) is 276 cm³/mol. The third kappa shape index (κ3) is 6.44. The van der Waals surface area contributed by atoms with Crippen LogP contribution in [0.5, 0.6) is 0 Å². The first-order valence-electron chi connectivity index (χ1n) is 23.1. The van der Waals surface area contributed by atoms with Gasteiger partial charge >= 0.3 is 0 Å². The number of aliphatic hydroxyl groups is 2. The Hall–Kier alpha value is -7.44. The summed E-state index contributed by atoms with van der Waals surface area (Å²) in [6.07, 6.45) is -2.27. The largest absolute Gasteiger partial charge is 0.378 e. The van der Waals surface area contributed by atoms with Crippen LogP contribution >= 0.6 is 0 Å². The van der Waals surface area contributed by atoms with E-state index < -0.39 is 29.2 Å². The second-order valence-electron chi connectivity index (χ2n) is 19.1. The predicted octanol–water partition coefficient (Wildman–Crippen LogP) is 14.6. The second kappa shape index (κ2) is 14.8. The highest BCUT2D eigenvalue weighted by atomic mass is 16.8. The van der Waals surface area contributed by atoms with Crippen LogP contribution in [0.3, 0.4) is 0 Å². The molecule has 1 saturated heterocycles. The Labute approximate surface area is 387 Å². The molecule has 1 fully saturated rings. The van der Waals surface area contributed by atoms with Gasteiger partial charge in [-0.2, -0.15) is 0 Å². The lowest BCUT2D eigenvalue weighted by atomic mass is 9.71. The Morgan fingerprint density at radius 2 is 0.478 bits per heavy atom. The molecular weight excluding hydrogens is 821 g/mol. The fourth-order valence-corrected chi connectivity index (χ4v) is 11.1. The maximum atomic E-state index is 14.3. The topological polar surface area (TPSA) is 58.9 Å². The smallest absolute Gasteiger partial charge is 0.164 e. The fraction of sp³-hybridized carbons (Fsp3) is 0.111. The van der Waals surface area contributed by atoms with Crippen LogP contribution in [-0.2, 0) is 20.7 Å². The summed E-state index contributed by atoms with van der Waals surface area (Å²) in [5.41, 5.74) is -1.20. The van der Waals surface area contributed by atoms with E-state index in [4.69, 9.17) is 9.47 Å². The van der Waals surface area contributed by atoms with Crippen LogP contribution in [0.25, 0.3) is 86.2 Å². The van der Waals surface area contributed by atoms with Crippen molar-refractivity contribution in [1.82, 2.24) is 0 Å². The van der Waals surface area contributed by atoms with Gasteiger partial charge < -0.3 is 19.7 Å². The van der Waals surface area contributed by atoms with Gasteiger partial charge in [0.1, 0.15) is 23.4 Å². The van der Waals surface area contributed by atoms with Gasteiger partial charge in [0.15, 0.2) is 5.79 Å². The van der Waals surface area contributed by atoms with Crippen molar-refractivity contribution in [3.05, 3.63) is 241 Å². The molecule has 0 unspecified atom stereocenters. The van der Waals surface area contributed by atoms with Crippen LogP contribution in [0.2, 0.25) is 0 Å². The number of benzene rings is 12. The normalized spacial score (nSPS) is 16.7. The van der Waals surface area contributed by atoms with E-state index in [1.165, 1.54) is 0 Å². The molecule has 0 saturated carbocycles. The summed E-state index contributed by atoms with van der Waals surface area (Å²) < 4.78 is 14.3. The summed E-state index contributed by atoms with van der Waals surface area (Å²) in [6, 6.07) is 75.6. The Bertz CT molecular complexity index is 3480. The number of hydrogen-bond donors (Lipinski definition) is 2. The van der Waals surface area contributed by atoms with Crippen LogP contribution in [-0.4, -0.2) is 28.2 Å². The van der Waals surface area contributed by atoms with Gasteiger partial charge in [-0.15, -0.1) is 0 Å². The van der Waals surface area contributed by atoms with Gasteiger partial charge in [0.05, 0.1) is 0 Å². The van der Waals surface area contributed by atoms with E-state index in [1.807, 2.05) is 38.1 Å². The molecule has 2 atom stereocenters. The van der Waals surface area contributed by atoms with Crippen molar-refractivity contribution in [3.63, 3.8) is 0 Å². The second-order valence-corrected chi connectivity index (χ2v) is 19.1. The lowest BCUT2D eigenvalue weighted by molar-refractivity contribution is -0.172. The molecule has 0 aliphatic carbocycles. The van der Waals surface area contributed by atoms with E-state index in [0.717, 1.165) is 86.2 Å². The van der Waals surface area contributed by atoms with E-state index in [0.29, 0.717) is 22.3 Å². The van der Waals surface area contributed by atoms with Crippen molar-refractivity contribution in [2.24, 2.45) is 0 Å². The average Bonchev–Trinajstić information content (AvgIpc) is 3.70. The van der Waals surface area contributed by atoms with E-state index >= 15 is 0 Å². The quantitative estimate of drug-likeness (QED) is 0.164. The minimum Gasteiger partial charge on any atom is -0.378 e. The van der Waals surface area contributed by atoms with Gasteiger partial charge in [-0.25, -0.2) is 0 Å². The molecule has 1 aliphatic rings. The molecule has 0 bridgehead atoms. The number of rotatable bonds is 6. The van der Waals surface area contributed by atoms with Crippen LogP contribution < -0.4 is 0 Å². The van der Waals surface area contributed by atoms with E-state index in [2.05, 4.69) is 194 Å². The minimum atomic E-state index is -1.85. The summed E-state index contributed by atoms with van der Waals surface area (Å²) >= 11 is 0. The summed E-state index contributed by atoms with van der Waals surface area (Å²) in [5, 5.41) is 45.8. The Morgan fingerprint density at radius 3 is 0.701 bits per heavy atom. The highest BCUT2D eigenvalue weighted by Gasteiger charge is 2.61. The Balaban J connectivity index is 1.07. The fourth-order valence-electron chi connectivity index (χ4n) is 11.1. The average molecular weight is 867 g/mol. The molecule has 322 valence electrons. The minimum absolute atomic E-state index is 0.629. The van der Waals surface area contributed by atoms with Crippen molar-refractivity contribution in [1.29, 1.82) is 0 Å². The highest BCUT2D eigenvalue weighted by molar-refractivity contribution is 6.02. The molecule has 4 nitrogen and oxygen atoms in total. The molecule has 0 amide bonds. The van der Waals surface area contributed by atoms with Crippen LogP contribution in [0.4, 0.5) is 0 Å². The summed E-state index contributed by atoms with van der Waals surface area (Å²) in [5.74, 6) is -1.22. The maximum Gasteiger partial charge on any atom is 0.164 e. The molecule has 0 aromatic heterocycles. The highest BCUT2D eigenvalue weighted by Crippen LogP contribution is 2.52. The molecule has 1 aliphatic heterocycles. The van der Waals surface area contributed by atoms with Gasteiger partial charge in [0.2, 0.25) is 0 Å². The van der Waals surface area contributed by atoms with Crippen molar-refractivity contribution in [3.8, 4) is 0 Å². The molecule has 4 heteroatoms. The standard InChI is InChI=1S/C63H46O4/c1-61(2)66-59(62(64,55-23-19-47-27-39-11-3-7-15-43(39)31-51(47)35-55)56-24-20-48-28-40-12-4-8-16-44(40)32-52(48)36-56)60(67-61)63(65,57-25-21-49-29-41-13-5-9-17-45(41)33-53(49)37-57)58-26-22-50-30-42-14-6-10-18-46(42)34-54(50)38-58/h3-38,59-60,64-65H,1-2H3/t59-,60-/m1/s1. The van der Waals surface area contributed by atoms with Gasteiger partial charge in [0.25, 0.3) is 0 Å². The van der Waals surface area contributed by atoms with Crippen molar-refractivity contribution < 1.29 is 19.7 Å². The monoisotopic (exact) mass is 866 g/mol. The zero-order valence-electron chi connectivity index (χ0n) is 37.2. The third-order valence-corrected chi connectivity index (χ3v) is 14.5. The summed E-state index contributed by atoms with van der Waals surface area (Å²) in [7, 11) is 0. The summed E-state index contributed by atoms with van der Waals surface area (Å²) in [6.45, 7) is 3.75. The maximum absolute atomic E-state index is 14.3. The first-order chi connectivity index (χ1) is 32.6. The van der Waals surface area contributed by atoms with E-state index in [1.54, 1.807) is 0 Å². The first kappa shape index (κ1) is 39.9. The summed E-state index contributed by atoms with van der Waals surface area (Å²) in [4.78, 5) is 0. The van der Waals surface area contributed by atoms with Crippen LogP contribution in [0.1, 0.15) is 36.1 Å². The lowest BCUT2D eigenvalue weighted by Gasteiger charge is -2.43. The molecule has 13 rings (SSSR count). The molecule has 12 aromatic rings. The SMILES string of the molecule is CC1(C)O[C@@H](C(O)(c2ccc3cc4ccccc4cc3c2)c2ccc3cc4ccccc4cc3c2)[C@H](C(O)(c2ccc3cc4ccccc4cc3c2)c2ccc3cc4ccccc4cc3c2)O1. The van der Waals surface area contributed by atoms with Gasteiger partial charge in [0, 0.05) is 0 Å². The molecule has 1 heterocycles. The van der Waals surface area contributed by atoms with E-state index in [-0.39, 0.29) is 0 Å². The third-order valence-electron chi connectivity index (χ3n) is 14.5. The molecule has 0 spiro atoms. The molecule has 67 heavy (non-hydrogen) atoms. The first-order valence-corrected chi connectivity index (χ1v) is 23.1. The van der Waals surface area contributed by atoms with Crippen molar-refractivity contribution in [2.45, 2.75) is 43.0 Å². The van der Waals surface area contributed by atoms with Crippen LogP contribution in [0.15, 0.2) is 218 Å². The molecule has 0 radical (unpaired) electrons. The van der Waals surface area contributed by atoms with Gasteiger partial charge in [-0.1, -0.05) is 146 Å². The van der Waals surface area contributed by atoms with Gasteiger partial charge in [-0.05, 0) is 195 Å². The molecule has 2 N–H and O–H groups in total. The Morgan fingerprint density at radius 1 is 0.284 bits per heavy atom. The van der Waals surface area contributed by atoms with Gasteiger partial charge in [-0.3, -0.25) is 0 Å². The van der Waals surface area contributed by atoms with Crippen LogP contribution in [0, 0.1) is 0 Å². The van der Waals surface area contributed by atoms with E-state index in [9.17, 15) is 10.2 Å². The van der Waals surface area contributed by atoms with Crippen molar-refractivity contribution in [2.75, 3.05) is 0 Å². The molecular formula is C63H46O4.